The summed E-state index contributed by atoms with van der Waals surface area (Å²) in [6.07, 6.45) is 2.07. The Morgan fingerprint density at radius 1 is 1.00 bits per heavy atom. The molecule has 44 heavy (non-hydrogen) atoms. The fraction of sp³-hybridized carbons (Fsp3) is 0.812. The van der Waals surface area contributed by atoms with E-state index < -0.39 is 64.7 Å². The molecule has 5 aliphatic rings. The summed E-state index contributed by atoms with van der Waals surface area (Å²) in [6, 6.07) is 0. The molecule has 0 aromatic rings. The van der Waals surface area contributed by atoms with Gasteiger partial charge < -0.3 is 38.3 Å². The Bertz CT molecular complexity index is 1160. The number of carbonyl (C=O) groups is 4. The minimum absolute atomic E-state index is 0.0309. The van der Waals surface area contributed by atoms with Gasteiger partial charge in [0.05, 0.1) is 43.3 Å². The maximum atomic E-state index is 13.2. The Morgan fingerprint density at radius 3 is 2.32 bits per heavy atom. The van der Waals surface area contributed by atoms with Crippen LogP contribution in [0.2, 0.25) is 0 Å². The summed E-state index contributed by atoms with van der Waals surface area (Å²) >= 11 is 0. The highest BCUT2D eigenvalue weighted by Crippen LogP contribution is 2.70. The molecule has 2 saturated carbocycles. The van der Waals surface area contributed by atoms with Crippen molar-refractivity contribution in [3.05, 3.63) is 12.3 Å². The molecule has 0 aromatic carbocycles. The standard InChI is InChI=1S/C32H46O12/c1-17-9-26(43-21(5)34)32(16-39-27(36)10-19(3)42-28(37)11-18(2)41-20(4)33)24(13-23(35)14-31(32)15-40-31)30(17,6)25-12-22-7-8-38-29(22)44-25/h7-8,17-19,22-26,29,35H,9-16H2,1-6H3/t17-,18+,19+,22-,23-,24-,25+,26+,29+,30+,31+,32+/m1/s1. The van der Waals surface area contributed by atoms with Crippen LogP contribution in [0.1, 0.15) is 80.1 Å². The van der Waals surface area contributed by atoms with Crippen molar-refractivity contribution < 1.29 is 57.4 Å². The quantitative estimate of drug-likeness (QED) is 0.216. The third kappa shape index (κ3) is 5.97. The van der Waals surface area contributed by atoms with E-state index in [4.69, 9.17) is 33.2 Å². The summed E-state index contributed by atoms with van der Waals surface area (Å²) in [5.41, 5.74) is -2.27. The van der Waals surface area contributed by atoms with Gasteiger partial charge in [0.25, 0.3) is 0 Å². The summed E-state index contributed by atoms with van der Waals surface area (Å²) in [4.78, 5) is 49.1. The first-order valence-electron chi connectivity index (χ1n) is 15.7. The lowest BCUT2D eigenvalue weighted by Gasteiger charge is -2.64. The zero-order valence-electron chi connectivity index (χ0n) is 26.4. The van der Waals surface area contributed by atoms with E-state index in [9.17, 15) is 24.3 Å². The molecule has 4 fully saturated rings. The van der Waals surface area contributed by atoms with Crippen LogP contribution in [0.15, 0.2) is 12.3 Å². The normalized spacial score (nSPS) is 41.5. The Labute approximate surface area is 258 Å². The molecular formula is C32H46O12. The zero-order chi connectivity index (χ0) is 32.0. The molecule has 1 spiro atoms. The summed E-state index contributed by atoms with van der Waals surface area (Å²) in [7, 11) is 0. The summed E-state index contributed by atoms with van der Waals surface area (Å²) in [5.74, 6) is -2.25. The molecule has 2 saturated heterocycles. The highest BCUT2D eigenvalue weighted by atomic mass is 16.7. The van der Waals surface area contributed by atoms with Crippen molar-refractivity contribution in [2.24, 2.45) is 28.6 Å². The Hall–Kier alpha value is -2.70. The largest absolute Gasteiger partial charge is 0.472 e. The van der Waals surface area contributed by atoms with E-state index in [0.717, 1.165) is 6.42 Å². The number of esters is 4. The lowest BCUT2D eigenvalue weighted by Crippen LogP contribution is -2.70. The Balaban J connectivity index is 1.37. The second-order valence-corrected chi connectivity index (χ2v) is 13.7. The van der Waals surface area contributed by atoms with Crippen molar-refractivity contribution in [3.8, 4) is 0 Å². The number of aliphatic hydroxyl groups excluding tert-OH is 1. The maximum absolute atomic E-state index is 13.2. The van der Waals surface area contributed by atoms with E-state index in [0.29, 0.717) is 25.9 Å². The highest BCUT2D eigenvalue weighted by Gasteiger charge is 2.77. The number of fused-ring (bicyclic) bond motifs is 3. The maximum Gasteiger partial charge on any atom is 0.309 e. The molecule has 3 aliphatic heterocycles. The van der Waals surface area contributed by atoms with Crippen molar-refractivity contribution in [1.82, 2.24) is 0 Å². The molecular weight excluding hydrogens is 576 g/mol. The Morgan fingerprint density at radius 2 is 1.68 bits per heavy atom. The third-order valence-electron chi connectivity index (χ3n) is 10.7. The number of ether oxygens (including phenoxy) is 7. The van der Waals surface area contributed by atoms with Gasteiger partial charge in [-0.1, -0.05) is 13.8 Å². The average molecular weight is 623 g/mol. The molecule has 2 aliphatic carbocycles. The van der Waals surface area contributed by atoms with Crippen molar-refractivity contribution in [1.29, 1.82) is 0 Å². The fourth-order valence-electron chi connectivity index (χ4n) is 8.57. The number of aliphatic hydroxyl groups is 1. The number of carbonyl (C=O) groups excluding carboxylic acids is 4. The summed E-state index contributed by atoms with van der Waals surface area (Å²) in [5, 5.41) is 11.2. The first-order valence-corrected chi connectivity index (χ1v) is 15.7. The average Bonchev–Trinajstić information content (AvgIpc) is 3.33. The molecule has 5 rings (SSSR count). The number of rotatable bonds is 10. The van der Waals surface area contributed by atoms with Crippen LogP contribution in [-0.4, -0.2) is 84.6 Å². The summed E-state index contributed by atoms with van der Waals surface area (Å²) < 4.78 is 40.7. The monoisotopic (exact) mass is 622 g/mol. The molecule has 0 radical (unpaired) electrons. The SMILES string of the molecule is CC(=O)O[C@H]1C[C@@H](C)[C@](C)([C@@H]2C[C@H]3C=CO[C@H]3O2)[C@H]2C[C@@H](O)C[C@]3(CO3)[C@]12COC(=O)C[C@H](C)OC(=O)C[C@H](C)OC(C)=O. The van der Waals surface area contributed by atoms with Crippen LogP contribution in [-0.2, 0) is 52.3 Å². The Kier molecular flexibility index (Phi) is 9.10. The minimum Gasteiger partial charge on any atom is -0.472 e. The van der Waals surface area contributed by atoms with Gasteiger partial charge in [-0.25, -0.2) is 0 Å². The van der Waals surface area contributed by atoms with Gasteiger partial charge in [0.2, 0.25) is 6.29 Å². The number of hydrogen-bond donors (Lipinski definition) is 1. The zero-order valence-corrected chi connectivity index (χ0v) is 26.4. The van der Waals surface area contributed by atoms with E-state index in [1.807, 2.05) is 6.08 Å². The van der Waals surface area contributed by atoms with Gasteiger partial charge in [0, 0.05) is 31.6 Å². The first kappa shape index (κ1) is 32.7. The topological polar surface area (TPSA) is 156 Å². The second kappa shape index (κ2) is 12.2. The minimum atomic E-state index is -0.939. The van der Waals surface area contributed by atoms with E-state index in [-0.39, 0.29) is 49.6 Å². The molecule has 12 atom stereocenters. The fourth-order valence-corrected chi connectivity index (χ4v) is 8.57. The molecule has 3 heterocycles. The van der Waals surface area contributed by atoms with Gasteiger partial charge >= 0.3 is 23.9 Å². The number of epoxide rings is 1. The van der Waals surface area contributed by atoms with Crippen molar-refractivity contribution in [2.45, 2.75) is 122 Å². The van der Waals surface area contributed by atoms with E-state index in [2.05, 4.69) is 13.8 Å². The highest BCUT2D eigenvalue weighted by molar-refractivity contribution is 5.73. The van der Waals surface area contributed by atoms with Crippen molar-refractivity contribution in [3.63, 3.8) is 0 Å². The van der Waals surface area contributed by atoms with Crippen molar-refractivity contribution in [2.75, 3.05) is 13.2 Å². The molecule has 0 bridgehead atoms. The second-order valence-electron chi connectivity index (χ2n) is 13.7. The molecule has 1 N–H and O–H groups in total. The lowest BCUT2D eigenvalue weighted by atomic mass is 9.42. The van der Waals surface area contributed by atoms with Crippen LogP contribution in [0, 0.1) is 28.6 Å². The van der Waals surface area contributed by atoms with Crippen LogP contribution in [0.25, 0.3) is 0 Å². The van der Waals surface area contributed by atoms with Gasteiger partial charge in [-0.2, -0.15) is 0 Å². The van der Waals surface area contributed by atoms with Crippen LogP contribution in [0.5, 0.6) is 0 Å². The van der Waals surface area contributed by atoms with Crippen LogP contribution in [0.4, 0.5) is 0 Å². The predicted molar refractivity (Wildman–Crippen MR) is 151 cm³/mol. The summed E-state index contributed by atoms with van der Waals surface area (Å²) in [6.45, 7) is 10.3. The van der Waals surface area contributed by atoms with Crippen LogP contribution in [0.3, 0.4) is 0 Å². The molecule has 246 valence electrons. The van der Waals surface area contributed by atoms with E-state index >= 15 is 0 Å². The van der Waals surface area contributed by atoms with Gasteiger partial charge in [-0.15, -0.1) is 0 Å². The molecule has 0 aromatic heterocycles. The van der Waals surface area contributed by atoms with Crippen molar-refractivity contribution >= 4 is 23.9 Å². The molecule has 0 amide bonds. The van der Waals surface area contributed by atoms with Gasteiger partial charge in [0.15, 0.2) is 0 Å². The lowest BCUT2D eigenvalue weighted by molar-refractivity contribution is -0.263. The van der Waals surface area contributed by atoms with Gasteiger partial charge in [-0.05, 0) is 51.0 Å². The van der Waals surface area contributed by atoms with Crippen LogP contribution >= 0.6 is 0 Å². The number of hydrogen-bond acceptors (Lipinski definition) is 12. The molecule has 0 unspecified atom stereocenters. The molecule has 12 heteroatoms. The first-order chi connectivity index (χ1) is 20.7. The third-order valence-corrected chi connectivity index (χ3v) is 10.7. The molecule has 12 nitrogen and oxygen atoms in total. The van der Waals surface area contributed by atoms with E-state index in [1.54, 1.807) is 20.1 Å². The smallest absolute Gasteiger partial charge is 0.309 e. The van der Waals surface area contributed by atoms with Crippen LogP contribution < -0.4 is 0 Å². The van der Waals surface area contributed by atoms with E-state index in [1.165, 1.54) is 13.8 Å². The van der Waals surface area contributed by atoms with Gasteiger partial charge in [0.1, 0.15) is 30.5 Å². The predicted octanol–water partition coefficient (Wildman–Crippen LogP) is 2.97. The van der Waals surface area contributed by atoms with Gasteiger partial charge in [-0.3, -0.25) is 19.2 Å².